The van der Waals surface area contributed by atoms with Gasteiger partial charge in [-0.05, 0) is 35.1 Å². The summed E-state index contributed by atoms with van der Waals surface area (Å²) < 4.78 is 6.83. The summed E-state index contributed by atoms with van der Waals surface area (Å²) >= 11 is 3.50. The van der Waals surface area contributed by atoms with Crippen LogP contribution in [0.1, 0.15) is 11.1 Å². The number of halogens is 1. The molecule has 3 rings (SSSR count). The molecular formula is C16H18BrN3O. The van der Waals surface area contributed by atoms with Crippen molar-refractivity contribution in [1.82, 2.24) is 10.3 Å². The lowest BCUT2D eigenvalue weighted by molar-refractivity contribution is 0.331. The van der Waals surface area contributed by atoms with Crippen molar-refractivity contribution in [2.45, 2.75) is 13.1 Å². The standard InChI is InChI=1S/C16H18BrN3O/c1-18-9-13-8-14(17)10-19-16(13)20-6-7-21-15-5-3-2-4-12(15)11-20/h2-5,8,10,18H,6-7,9,11H2,1H3. The van der Waals surface area contributed by atoms with Crippen molar-refractivity contribution in [2.75, 3.05) is 25.1 Å². The highest BCUT2D eigenvalue weighted by molar-refractivity contribution is 9.10. The summed E-state index contributed by atoms with van der Waals surface area (Å²) in [5.41, 5.74) is 2.39. The molecule has 4 nitrogen and oxygen atoms in total. The molecule has 0 saturated carbocycles. The predicted octanol–water partition coefficient (Wildman–Crippen LogP) is 2.96. The first-order valence-corrected chi connectivity index (χ1v) is 7.82. The number of nitrogens with one attached hydrogen (secondary N) is 1. The molecule has 1 N–H and O–H groups in total. The van der Waals surface area contributed by atoms with E-state index in [1.807, 2.05) is 25.4 Å². The van der Waals surface area contributed by atoms with E-state index in [1.54, 1.807) is 0 Å². The minimum absolute atomic E-state index is 0.674. The Morgan fingerprint density at radius 3 is 3.10 bits per heavy atom. The minimum Gasteiger partial charge on any atom is -0.491 e. The quantitative estimate of drug-likeness (QED) is 0.926. The van der Waals surface area contributed by atoms with E-state index >= 15 is 0 Å². The highest BCUT2D eigenvalue weighted by atomic mass is 79.9. The topological polar surface area (TPSA) is 37.4 Å². The summed E-state index contributed by atoms with van der Waals surface area (Å²) in [5, 5.41) is 3.21. The number of aromatic nitrogens is 1. The fourth-order valence-corrected chi connectivity index (χ4v) is 2.96. The van der Waals surface area contributed by atoms with E-state index in [4.69, 9.17) is 4.74 Å². The third-order valence-electron chi connectivity index (χ3n) is 3.53. The normalized spacial score (nSPS) is 14.3. The molecule has 1 aromatic heterocycles. The first-order valence-electron chi connectivity index (χ1n) is 7.02. The molecule has 0 bridgehead atoms. The van der Waals surface area contributed by atoms with Crippen LogP contribution in [0.15, 0.2) is 41.0 Å². The van der Waals surface area contributed by atoms with Crippen LogP contribution in [0.5, 0.6) is 5.75 Å². The molecule has 21 heavy (non-hydrogen) atoms. The number of ether oxygens (including phenoxy) is 1. The lowest BCUT2D eigenvalue weighted by atomic mass is 10.1. The molecule has 110 valence electrons. The van der Waals surface area contributed by atoms with Crippen LogP contribution in [0, 0.1) is 0 Å². The average Bonchev–Trinajstić information content (AvgIpc) is 2.70. The van der Waals surface area contributed by atoms with Gasteiger partial charge in [0, 0.05) is 34.9 Å². The number of hydrogen-bond donors (Lipinski definition) is 1. The molecule has 0 saturated heterocycles. The lowest BCUT2D eigenvalue weighted by Gasteiger charge is -2.23. The van der Waals surface area contributed by atoms with Gasteiger partial charge in [-0.25, -0.2) is 4.98 Å². The predicted molar refractivity (Wildman–Crippen MR) is 87.7 cm³/mol. The van der Waals surface area contributed by atoms with Gasteiger partial charge >= 0.3 is 0 Å². The summed E-state index contributed by atoms with van der Waals surface area (Å²) in [4.78, 5) is 6.90. The van der Waals surface area contributed by atoms with E-state index in [0.717, 1.165) is 35.7 Å². The van der Waals surface area contributed by atoms with Crippen LogP contribution >= 0.6 is 15.9 Å². The SMILES string of the molecule is CNCc1cc(Br)cnc1N1CCOc2ccccc2C1. The Hall–Kier alpha value is -1.59. The van der Waals surface area contributed by atoms with Gasteiger partial charge in [0.25, 0.3) is 0 Å². The smallest absolute Gasteiger partial charge is 0.133 e. The lowest BCUT2D eigenvalue weighted by Crippen LogP contribution is -2.28. The number of para-hydroxylation sites is 1. The molecule has 0 radical (unpaired) electrons. The summed E-state index contributed by atoms with van der Waals surface area (Å²) in [6.07, 6.45) is 1.85. The zero-order valence-electron chi connectivity index (χ0n) is 12.0. The molecule has 1 aliphatic heterocycles. The molecule has 0 fully saturated rings. The van der Waals surface area contributed by atoms with Crippen molar-refractivity contribution in [3.63, 3.8) is 0 Å². The molecular weight excluding hydrogens is 330 g/mol. The maximum Gasteiger partial charge on any atom is 0.133 e. The molecule has 2 heterocycles. The molecule has 5 heteroatoms. The van der Waals surface area contributed by atoms with Crippen LogP contribution in [-0.2, 0) is 13.1 Å². The van der Waals surface area contributed by atoms with Gasteiger partial charge in [0.05, 0.1) is 6.54 Å². The Balaban J connectivity index is 1.94. The summed E-state index contributed by atoms with van der Waals surface area (Å²) in [5.74, 6) is 2.00. The van der Waals surface area contributed by atoms with E-state index < -0.39 is 0 Å². The Morgan fingerprint density at radius 1 is 1.38 bits per heavy atom. The third-order valence-corrected chi connectivity index (χ3v) is 3.96. The highest BCUT2D eigenvalue weighted by Crippen LogP contribution is 2.28. The van der Waals surface area contributed by atoms with Gasteiger partial charge in [0.2, 0.25) is 0 Å². The maximum absolute atomic E-state index is 5.83. The van der Waals surface area contributed by atoms with Gasteiger partial charge in [0.1, 0.15) is 18.2 Å². The van der Waals surface area contributed by atoms with Crippen LogP contribution in [0.4, 0.5) is 5.82 Å². The van der Waals surface area contributed by atoms with Crippen LogP contribution in [0.2, 0.25) is 0 Å². The first-order chi connectivity index (χ1) is 10.3. The molecule has 0 unspecified atom stereocenters. The van der Waals surface area contributed by atoms with Gasteiger partial charge in [-0.3, -0.25) is 0 Å². The van der Waals surface area contributed by atoms with Crippen molar-refractivity contribution in [1.29, 1.82) is 0 Å². The number of rotatable bonds is 3. The number of benzene rings is 1. The van der Waals surface area contributed by atoms with Crippen LogP contribution < -0.4 is 15.0 Å². The monoisotopic (exact) mass is 347 g/mol. The van der Waals surface area contributed by atoms with Crippen molar-refractivity contribution in [2.24, 2.45) is 0 Å². The maximum atomic E-state index is 5.83. The largest absolute Gasteiger partial charge is 0.491 e. The van der Waals surface area contributed by atoms with Gasteiger partial charge in [-0.15, -0.1) is 0 Å². The number of pyridine rings is 1. The summed E-state index contributed by atoms with van der Waals surface area (Å²) in [6.45, 7) is 3.12. The van der Waals surface area contributed by atoms with Gasteiger partial charge < -0.3 is 15.0 Å². The second-order valence-corrected chi connectivity index (χ2v) is 5.96. The third kappa shape index (κ3) is 3.19. The zero-order chi connectivity index (χ0) is 14.7. The Labute approximate surface area is 133 Å². The Morgan fingerprint density at radius 2 is 2.24 bits per heavy atom. The fourth-order valence-electron chi connectivity index (χ4n) is 2.59. The highest BCUT2D eigenvalue weighted by Gasteiger charge is 2.18. The van der Waals surface area contributed by atoms with E-state index in [1.165, 1.54) is 11.1 Å². The van der Waals surface area contributed by atoms with E-state index in [0.29, 0.717) is 6.61 Å². The van der Waals surface area contributed by atoms with E-state index in [2.05, 4.69) is 49.3 Å². The Kier molecular flexibility index (Phi) is 4.41. The number of fused-ring (bicyclic) bond motifs is 1. The van der Waals surface area contributed by atoms with E-state index in [-0.39, 0.29) is 0 Å². The zero-order valence-corrected chi connectivity index (χ0v) is 13.6. The molecule has 0 spiro atoms. The van der Waals surface area contributed by atoms with Crippen LogP contribution in [0.25, 0.3) is 0 Å². The van der Waals surface area contributed by atoms with Gasteiger partial charge in [0.15, 0.2) is 0 Å². The minimum atomic E-state index is 0.674. The molecule has 0 amide bonds. The second-order valence-electron chi connectivity index (χ2n) is 5.04. The number of nitrogens with zero attached hydrogens (tertiary/aromatic N) is 2. The van der Waals surface area contributed by atoms with Crippen molar-refractivity contribution in [3.8, 4) is 5.75 Å². The van der Waals surface area contributed by atoms with Crippen molar-refractivity contribution >= 4 is 21.7 Å². The first kappa shape index (κ1) is 14.4. The van der Waals surface area contributed by atoms with Gasteiger partial charge in [-0.1, -0.05) is 18.2 Å². The van der Waals surface area contributed by atoms with Crippen LogP contribution in [-0.4, -0.2) is 25.2 Å². The van der Waals surface area contributed by atoms with Crippen LogP contribution in [0.3, 0.4) is 0 Å². The summed E-state index contributed by atoms with van der Waals surface area (Å²) in [6, 6.07) is 10.3. The molecule has 1 aromatic carbocycles. The number of hydrogen-bond acceptors (Lipinski definition) is 4. The van der Waals surface area contributed by atoms with E-state index in [9.17, 15) is 0 Å². The molecule has 0 aliphatic carbocycles. The molecule has 0 atom stereocenters. The Bertz CT molecular complexity index is 633. The summed E-state index contributed by atoms with van der Waals surface area (Å²) in [7, 11) is 1.95. The average molecular weight is 348 g/mol. The fraction of sp³-hybridized carbons (Fsp3) is 0.312. The van der Waals surface area contributed by atoms with Crippen molar-refractivity contribution in [3.05, 3.63) is 52.1 Å². The second kappa shape index (κ2) is 6.45. The number of anilines is 1. The molecule has 1 aliphatic rings. The van der Waals surface area contributed by atoms with Gasteiger partial charge in [-0.2, -0.15) is 0 Å². The van der Waals surface area contributed by atoms with Crippen molar-refractivity contribution < 1.29 is 4.74 Å². The molecule has 2 aromatic rings.